The minimum Gasteiger partial charge on any atom is -0.368 e. The summed E-state index contributed by atoms with van der Waals surface area (Å²) in [5.74, 6) is 0.662. The number of anilines is 1. The second-order valence-electron chi connectivity index (χ2n) is 4.07. The van der Waals surface area contributed by atoms with E-state index in [9.17, 15) is 0 Å². The minimum atomic E-state index is 0.183. The van der Waals surface area contributed by atoms with Crippen LogP contribution < -0.4 is 5.32 Å². The highest BCUT2D eigenvalue weighted by Crippen LogP contribution is 2.18. The first-order valence-corrected chi connectivity index (χ1v) is 6.19. The van der Waals surface area contributed by atoms with Crippen molar-refractivity contribution in [3.8, 4) is 0 Å². The third-order valence-electron chi connectivity index (χ3n) is 2.85. The standard InChI is InChI=1S/C11H12ClN7/c1-19-7(3-5-16-19)2-4-13-9-8-10(15-6-14-8)18-11(12)17-9/h3,5-6H,2,4H2,1H3,(H2,13,14,15,17,18). The number of aromatic nitrogens is 6. The van der Waals surface area contributed by atoms with Crippen LogP contribution in [-0.4, -0.2) is 36.3 Å². The Morgan fingerprint density at radius 1 is 1.42 bits per heavy atom. The summed E-state index contributed by atoms with van der Waals surface area (Å²) in [5, 5.41) is 7.54. The number of nitrogens with zero attached hydrogens (tertiary/aromatic N) is 5. The van der Waals surface area contributed by atoms with Gasteiger partial charge in [0, 0.05) is 31.9 Å². The van der Waals surface area contributed by atoms with Crippen LogP contribution >= 0.6 is 11.6 Å². The highest BCUT2D eigenvalue weighted by molar-refractivity contribution is 6.28. The lowest BCUT2D eigenvalue weighted by Crippen LogP contribution is -2.10. The number of rotatable bonds is 4. The molecule has 0 fully saturated rings. The van der Waals surface area contributed by atoms with E-state index in [1.807, 2.05) is 17.8 Å². The Morgan fingerprint density at radius 3 is 3.11 bits per heavy atom. The van der Waals surface area contributed by atoms with Crippen LogP contribution in [0.3, 0.4) is 0 Å². The van der Waals surface area contributed by atoms with Gasteiger partial charge in [-0.3, -0.25) is 4.68 Å². The first kappa shape index (κ1) is 11.9. The Bertz CT molecular complexity index is 702. The number of aryl methyl sites for hydroxylation is 1. The SMILES string of the molecule is Cn1nccc1CCNc1nc(Cl)nc2nc[nH]c12. The van der Waals surface area contributed by atoms with Crippen molar-refractivity contribution in [1.29, 1.82) is 0 Å². The Balaban J connectivity index is 1.75. The maximum absolute atomic E-state index is 5.85. The molecule has 0 saturated heterocycles. The minimum absolute atomic E-state index is 0.183. The van der Waals surface area contributed by atoms with Crippen LogP contribution in [0.15, 0.2) is 18.6 Å². The van der Waals surface area contributed by atoms with Gasteiger partial charge in [0.2, 0.25) is 5.28 Å². The second-order valence-corrected chi connectivity index (χ2v) is 4.40. The topological polar surface area (TPSA) is 84.3 Å². The van der Waals surface area contributed by atoms with Crippen molar-refractivity contribution in [2.45, 2.75) is 6.42 Å². The quantitative estimate of drug-likeness (QED) is 0.704. The van der Waals surface area contributed by atoms with Gasteiger partial charge >= 0.3 is 0 Å². The van der Waals surface area contributed by atoms with Crippen LogP contribution in [0.25, 0.3) is 11.2 Å². The first-order chi connectivity index (χ1) is 9.24. The van der Waals surface area contributed by atoms with Gasteiger partial charge in [-0.25, -0.2) is 4.98 Å². The van der Waals surface area contributed by atoms with Crippen molar-refractivity contribution in [3.63, 3.8) is 0 Å². The molecule has 3 heterocycles. The molecular weight excluding hydrogens is 266 g/mol. The van der Waals surface area contributed by atoms with Gasteiger partial charge in [-0.1, -0.05) is 0 Å². The fraction of sp³-hybridized carbons (Fsp3) is 0.273. The predicted octanol–water partition coefficient (Wildman–Crippen LogP) is 1.39. The van der Waals surface area contributed by atoms with Crippen molar-refractivity contribution in [2.75, 3.05) is 11.9 Å². The Kier molecular flexibility index (Phi) is 3.04. The van der Waals surface area contributed by atoms with E-state index in [4.69, 9.17) is 11.6 Å². The highest BCUT2D eigenvalue weighted by Gasteiger charge is 2.08. The summed E-state index contributed by atoms with van der Waals surface area (Å²) in [7, 11) is 1.92. The number of nitrogens with one attached hydrogen (secondary N) is 2. The molecule has 0 amide bonds. The molecular formula is C11H12ClN7. The van der Waals surface area contributed by atoms with Crippen molar-refractivity contribution in [1.82, 2.24) is 29.7 Å². The first-order valence-electron chi connectivity index (χ1n) is 5.81. The molecule has 3 rings (SSSR count). The lowest BCUT2D eigenvalue weighted by Gasteiger charge is -2.06. The van der Waals surface area contributed by atoms with Gasteiger partial charge in [-0.05, 0) is 17.7 Å². The van der Waals surface area contributed by atoms with E-state index < -0.39 is 0 Å². The summed E-state index contributed by atoms with van der Waals surface area (Å²) < 4.78 is 1.85. The number of aromatic amines is 1. The molecule has 0 bridgehead atoms. The van der Waals surface area contributed by atoms with E-state index in [2.05, 4.69) is 30.4 Å². The largest absolute Gasteiger partial charge is 0.368 e. The zero-order chi connectivity index (χ0) is 13.2. The summed E-state index contributed by atoms with van der Waals surface area (Å²) in [6, 6.07) is 1.99. The van der Waals surface area contributed by atoms with E-state index >= 15 is 0 Å². The van der Waals surface area contributed by atoms with Crippen LogP contribution in [0.5, 0.6) is 0 Å². The third kappa shape index (κ3) is 2.37. The molecule has 19 heavy (non-hydrogen) atoms. The maximum Gasteiger partial charge on any atom is 0.226 e. The molecule has 2 N–H and O–H groups in total. The fourth-order valence-corrected chi connectivity index (χ4v) is 2.05. The summed E-state index contributed by atoms with van der Waals surface area (Å²) in [6.07, 6.45) is 4.19. The molecule has 8 heteroatoms. The highest BCUT2D eigenvalue weighted by atomic mass is 35.5. The smallest absolute Gasteiger partial charge is 0.226 e. The summed E-state index contributed by atoms with van der Waals surface area (Å²) >= 11 is 5.85. The van der Waals surface area contributed by atoms with Gasteiger partial charge < -0.3 is 10.3 Å². The van der Waals surface area contributed by atoms with Crippen LogP contribution in [-0.2, 0) is 13.5 Å². The number of H-pyrrole nitrogens is 1. The van der Waals surface area contributed by atoms with E-state index in [-0.39, 0.29) is 5.28 Å². The van der Waals surface area contributed by atoms with Crippen molar-refractivity contribution in [3.05, 3.63) is 29.6 Å². The Hall–Kier alpha value is -2.15. The molecule has 0 radical (unpaired) electrons. The molecule has 0 aliphatic rings. The van der Waals surface area contributed by atoms with Gasteiger partial charge in [-0.2, -0.15) is 15.1 Å². The van der Waals surface area contributed by atoms with E-state index in [0.717, 1.165) is 24.2 Å². The zero-order valence-corrected chi connectivity index (χ0v) is 11.0. The normalized spacial score (nSPS) is 11.1. The van der Waals surface area contributed by atoms with Gasteiger partial charge in [0.15, 0.2) is 11.5 Å². The third-order valence-corrected chi connectivity index (χ3v) is 3.02. The van der Waals surface area contributed by atoms with Gasteiger partial charge in [-0.15, -0.1) is 0 Å². The summed E-state index contributed by atoms with van der Waals surface area (Å²) in [4.78, 5) is 15.3. The molecule has 0 aliphatic heterocycles. The van der Waals surface area contributed by atoms with Crippen LogP contribution in [0.1, 0.15) is 5.69 Å². The van der Waals surface area contributed by atoms with E-state index in [1.165, 1.54) is 0 Å². The molecule has 0 atom stereocenters. The number of imidazole rings is 1. The van der Waals surface area contributed by atoms with Gasteiger partial charge in [0.1, 0.15) is 5.52 Å². The predicted molar refractivity (Wildman–Crippen MR) is 72.1 cm³/mol. The molecule has 0 aromatic carbocycles. The lowest BCUT2D eigenvalue weighted by molar-refractivity contribution is 0.711. The number of hydrogen-bond donors (Lipinski definition) is 2. The average Bonchev–Trinajstić information content (AvgIpc) is 2.98. The Labute approximate surface area is 114 Å². The van der Waals surface area contributed by atoms with Gasteiger partial charge in [0.25, 0.3) is 0 Å². The fourth-order valence-electron chi connectivity index (χ4n) is 1.89. The van der Waals surface area contributed by atoms with Crippen LogP contribution in [0.2, 0.25) is 5.28 Å². The molecule has 0 unspecified atom stereocenters. The average molecular weight is 278 g/mol. The molecule has 7 nitrogen and oxygen atoms in total. The van der Waals surface area contributed by atoms with E-state index in [0.29, 0.717) is 11.5 Å². The van der Waals surface area contributed by atoms with Crippen LogP contribution in [0, 0.1) is 0 Å². The Morgan fingerprint density at radius 2 is 2.32 bits per heavy atom. The molecule has 0 spiro atoms. The number of halogens is 1. The second kappa shape index (κ2) is 4.85. The molecule has 98 valence electrons. The van der Waals surface area contributed by atoms with Crippen molar-refractivity contribution >= 4 is 28.6 Å². The van der Waals surface area contributed by atoms with Crippen molar-refractivity contribution < 1.29 is 0 Å². The van der Waals surface area contributed by atoms with Gasteiger partial charge in [0.05, 0.1) is 6.33 Å². The maximum atomic E-state index is 5.85. The monoisotopic (exact) mass is 277 g/mol. The van der Waals surface area contributed by atoms with Crippen LogP contribution in [0.4, 0.5) is 5.82 Å². The molecule has 0 aliphatic carbocycles. The molecule has 0 saturated carbocycles. The molecule has 3 aromatic rings. The molecule has 3 aromatic heterocycles. The number of hydrogen-bond acceptors (Lipinski definition) is 5. The van der Waals surface area contributed by atoms with Crippen molar-refractivity contribution in [2.24, 2.45) is 7.05 Å². The number of fused-ring (bicyclic) bond motifs is 1. The summed E-state index contributed by atoms with van der Waals surface area (Å²) in [6.45, 7) is 0.723. The lowest BCUT2D eigenvalue weighted by atomic mass is 10.3. The zero-order valence-electron chi connectivity index (χ0n) is 10.3. The van der Waals surface area contributed by atoms with E-state index in [1.54, 1.807) is 12.5 Å². The summed E-state index contributed by atoms with van der Waals surface area (Å²) in [5.41, 5.74) is 2.46.